The Labute approximate surface area is 127 Å². The van der Waals surface area contributed by atoms with Crippen molar-refractivity contribution >= 4 is 17.6 Å². The lowest BCUT2D eigenvalue weighted by molar-refractivity contribution is -0.157. The van der Waals surface area contributed by atoms with E-state index in [4.69, 9.17) is 4.74 Å². The molecule has 1 amide bonds. The Kier molecular flexibility index (Phi) is 5.25. The third-order valence-corrected chi connectivity index (χ3v) is 3.45. The van der Waals surface area contributed by atoms with Gasteiger partial charge in [0.15, 0.2) is 6.10 Å². The summed E-state index contributed by atoms with van der Waals surface area (Å²) in [5.74, 6) is -2.97. The fourth-order valence-corrected chi connectivity index (χ4v) is 2.16. The fraction of sp³-hybridized carbons (Fsp3) is 0.375. The summed E-state index contributed by atoms with van der Waals surface area (Å²) in [7, 11) is 0. The van der Waals surface area contributed by atoms with Gasteiger partial charge < -0.3 is 10.1 Å². The molecule has 118 valence electrons. The highest BCUT2D eigenvalue weighted by molar-refractivity contribution is 5.95. The zero-order valence-corrected chi connectivity index (χ0v) is 12.1. The molecule has 1 aromatic rings. The molecule has 4 nitrogen and oxygen atoms in total. The number of anilines is 1. The number of amides is 1. The zero-order chi connectivity index (χ0) is 16.1. The standard InChI is InChI=1S/C16H17F2NO3/c1-10(22-16(21)11-5-3-2-4-6-11)15(20)19-14-8-7-12(17)9-13(14)18/h2-3,7-11H,4-6H2,1H3,(H,19,20)/t10-,11-/m1/s1. The first-order valence-corrected chi connectivity index (χ1v) is 7.09. The fourth-order valence-electron chi connectivity index (χ4n) is 2.16. The van der Waals surface area contributed by atoms with Crippen molar-refractivity contribution in [3.63, 3.8) is 0 Å². The molecule has 1 aliphatic carbocycles. The third-order valence-electron chi connectivity index (χ3n) is 3.45. The van der Waals surface area contributed by atoms with Crippen molar-refractivity contribution in [3.05, 3.63) is 42.0 Å². The number of esters is 1. The number of hydrogen-bond acceptors (Lipinski definition) is 3. The molecule has 6 heteroatoms. The average molecular weight is 309 g/mol. The van der Waals surface area contributed by atoms with Crippen molar-refractivity contribution < 1.29 is 23.1 Å². The van der Waals surface area contributed by atoms with Gasteiger partial charge in [-0.15, -0.1) is 0 Å². The van der Waals surface area contributed by atoms with Crippen molar-refractivity contribution in [2.45, 2.75) is 32.3 Å². The molecule has 0 spiro atoms. The summed E-state index contributed by atoms with van der Waals surface area (Å²) in [6.45, 7) is 1.41. The van der Waals surface area contributed by atoms with Gasteiger partial charge in [-0.25, -0.2) is 8.78 Å². The van der Waals surface area contributed by atoms with Crippen LogP contribution in [0.4, 0.5) is 14.5 Å². The Morgan fingerprint density at radius 1 is 1.32 bits per heavy atom. The summed E-state index contributed by atoms with van der Waals surface area (Å²) >= 11 is 0. The van der Waals surface area contributed by atoms with Crippen molar-refractivity contribution in [3.8, 4) is 0 Å². The van der Waals surface area contributed by atoms with Crippen molar-refractivity contribution in [2.24, 2.45) is 5.92 Å². The molecule has 1 aliphatic rings. The lowest BCUT2D eigenvalue weighted by Crippen LogP contribution is -2.32. The van der Waals surface area contributed by atoms with Gasteiger partial charge in [0.1, 0.15) is 11.6 Å². The van der Waals surface area contributed by atoms with Crippen LogP contribution in [-0.2, 0) is 14.3 Å². The van der Waals surface area contributed by atoms with E-state index in [1.54, 1.807) is 0 Å². The summed E-state index contributed by atoms with van der Waals surface area (Å²) in [5, 5.41) is 2.27. The summed E-state index contributed by atoms with van der Waals surface area (Å²) in [5.41, 5.74) is -0.158. The molecule has 2 atom stereocenters. The first kappa shape index (κ1) is 16.1. The van der Waals surface area contributed by atoms with Crippen LogP contribution in [0.2, 0.25) is 0 Å². The summed E-state index contributed by atoms with van der Waals surface area (Å²) < 4.78 is 31.4. The Bertz CT molecular complexity index is 601. The van der Waals surface area contributed by atoms with Gasteiger partial charge in [-0.3, -0.25) is 9.59 Å². The predicted molar refractivity (Wildman–Crippen MR) is 77.0 cm³/mol. The number of carbonyl (C=O) groups excluding carboxylic acids is 2. The van der Waals surface area contributed by atoms with Gasteiger partial charge in [-0.1, -0.05) is 12.2 Å². The van der Waals surface area contributed by atoms with Gasteiger partial charge in [-0.05, 0) is 38.3 Å². The molecular formula is C16H17F2NO3. The molecule has 0 bridgehead atoms. The van der Waals surface area contributed by atoms with Gasteiger partial charge in [0.05, 0.1) is 11.6 Å². The molecule has 0 unspecified atom stereocenters. The zero-order valence-electron chi connectivity index (χ0n) is 12.1. The van der Waals surface area contributed by atoms with Crippen LogP contribution < -0.4 is 5.32 Å². The number of hydrogen-bond donors (Lipinski definition) is 1. The van der Waals surface area contributed by atoms with Crippen molar-refractivity contribution in [1.29, 1.82) is 0 Å². The maximum absolute atomic E-state index is 13.5. The molecule has 0 heterocycles. The van der Waals surface area contributed by atoms with Crippen LogP contribution in [0.1, 0.15) is 26.2 Å². The van der Waals surface area contributed by atoms with Gasteiger partial charge in [0, 0.05) is 6.07 Å². The van der Waals surface area contributed by atoms with Gasteiger partial charge in [-0.2, -0.15) is 0 Å². The van der Waals surface area contributed by atoms with E-state index in [1.807, 2.05) is 12.2 Å². The predicted octanol–water partition coefficient (Wildman–Crippen LogP) is 3.19. The molecule has 0 radical (unpaired) electrons. The molecule has 0 saturated heterocycles. The largest absolute Gasteiger partial charge is 0.452 e. The minimum absolute atomic E-state index is 0.158. The quantitative estimate of drug-likeness (QED) is 0.686. The van der Waals surface area contributed by atoms with Crippen LogP contribution >= 0.6 is 0 Å². The van der Waals surface area contributed by atoms with E-state index in [0.717, 1.165) is 18.6 Å². The van der Waals surface area contributed by atoms with Crippen LogP contribution in [-0.4, -0.2) is 18.0 Å². The Morgan fingerprint density at radius 2 is 2.09 bits per heavy atom. The lowest BCUT2D eigenvalue weighted by Gasteiger charge is -2.19. The van der Waals surface area contributed by atoms with Gasteiger partial charge >= 0.3 is 5.97 Å². The highest BCUT2D eigenvalue weighted by Crippen LogP contribution is 2.20. The molecule has 1 aromatic carbocycles. The second kappa shape index (κ2) is 7.15. The number of halogens is 2. The Balaban J connectivity index is 1.91. The number of allylic oxidation sites excluding steroid dienone is 2. The first-order valence-electron chi connectivity index (χ1n) is 7.09. The molecule has 0 aromatic heterocycles. The van der Waals surface area contributed by atoms with E-state index < -0.39 is 29.6 Å². The van der Waals surface area contributed by atoms with Crippen molar-refractivity contribution in [2.75, 3.05) is 5.32 Å². The molecule has 22 heavy (non-hydrogen) atoms. The van der Waals surface area contributed by atoms with E-state index in [9.17, 15) is 18.4 Å². The highest BCUT2D eigenvalue weighted by atomic mass is 19.1. The SMILES string of the molecule is C[C@@H](OC(=O)[C@@H]1CC=CCC1)C(=O)Nc1ccc(F)cc1F. The van der Waals surface area contributed by atoms with E-state index >= 15 is 0 Å². The number of rotatable bonds is 4. The van der Waals surface area contributed by atoms with Crippen LogP contribution in [0.25, 0.3) is 0 Å². The van der Waals surface area contributed by atoms with Crippen LogP contribution in [0, 0.1) is 17.6 Å². The first-order chi connectivity index (χ1) is 10.5. The smallest absolute Gasteiger partial charge is 0.310 e. The van der Waals surface area contributed by atoms with Gasteiger partial charge in [0.2, 0.25) is 0 Å². The topological polar surface area (TPSA) is 55.4 Å². The van der Waals surface area contributed by atoms with E-state index in [1.165, 1.54) is 6.92 Å². The number of nitrogens with one attached hydrogen (secondary N) is 1. The highest BCUT2D eigenvalue weighted by Gasteiger charge is 2.25. The minimum atomic E-state index is -1.05. The minimum Gasteiger partial charge on any atom is -0.452 e. The summed E-state index contributed by atoms with van der Waals surface area (Å²) in [6, 6.07) is 2.81. The Hall–Kier alpha value is -2.24. The Morgan fingerprint density at radius 3 is 2.73 bits per heavy atom. The van der Waals surface area contributed by atoms with Gasteiger partial charge in [0.25, 0.3) is 5.91 Å². The van der Waals surface area contributed by atoms with Crippen LogP contribution in [0.15, 0.2) is 30.4 Å². The van der Waals surface area contributed by atoms with E-state index in [0.29, 0.717) is 18.9 Å². The van der Waals surface area contributed by atoms with Crippen LogP contribution in [0.5, 0.6) is 0 Å². The number of benzene rings is 1. The molecule has 1 N–H and O–H groups in total. The van der Waals surface area contributed by atoms with E-state index in [-0.39, 0.29) is 11.6 Å². The van der Waals surface area contributed by atoms with Crippen molar-refractivity contribution in [1.82, 2.24) is 0 Å². The molecule has 0 saturated carbocycles. The molecule has 2 rings (SSSR count). The normalized spacial score (nSPS) is 18.6. The van der Waals surface area contributed by atoms with E-state index in [2.05, 4.69) is 5.32 Å². The average Bonchev–Trinajstić information content (AvgIpc) is 2.50. The number of ether oxygens (including phenoxy) is 1. The summed E-state index contributed by atoms with van der Waals surface area (Å²) in [4.78, 5) is 23.8. The lowest BCUT2D eigenvalue weighted by atomic mass is 9.95. The monoisotopic (exact) mass is 309 g/mol. The number of carbonyl (C=O) groups is 2. The molecule has 0 aliphatic heterocycles. The maximum atomic E-state index is 13.5. The second-order valence-corrected chi connectivity index (χ2v) is 5.17. The second-order valence-electron chi connectivity index (χ2n) is 5.17. The third kappa shape index (κ3) is 4.13. The summed E-state index contributed by atoms with van der Waals surface area (Å²) in [6.07, 6.45) is 4.95. The maximum Gasteiger partial charge on any atom is 0.310 e. The molecule has 0 fully saturated rings. The molecular weight excluding hydrogens is 292 g/mol. The van der Waals surface area contributed by atoms with Crippen LogP contribution in [0.3, 0.4) is 0 Å².